The first kappa shape index (κ1) is 19.6. The SMILES string of the molecule is Cc1noc2nc(C(C)C)cc(C(=O)NC3CCN(Cc4ccccc4)CC3)c12. The fourth-order valence-corrected chi connectivity index (χ4v) is 3.93. The van der Waals surface area contributed by atoms with E-state index in [1.165, 1.54) is 5.56 Å². The molecule has 1 aromatic carbocycles. The molecule has 1 fully saturated rings. The second kappa shape index (κ2) is 8.33. The van der Waals surface area contributed by atoms with Crippen LogP contribution in [0.5, 0.6) is 0 Å². The molecule has 1 aliphatic rings. The molecule has 0 aliphatic carbocycles. The van der Waals surface area contributed by atoms with E-state index in [-0.39, 0.29) is 17.9 Å². The zero-order valence-electron chi connectivity index (χ0n) is 17.3. The van der Waals surface area contributed by atoms with Crippen LogP contribution >= 0.6 is 0 Å². The number of hydrogen-bond acceptors (Lipinski definition) is 5. The molecular weight excluding hydrogens is 364 g/mol. The molecule has 6 heteroatoms. The first-order chi connectivity index (χ1) is 14.0. The van der Waals surface area contributed by atoms with Gasteiger partial charge in [0.15, 0.2) is 0 Å². The summed E-state index contributed by atoms with van der Waals surface area (Å²) >= 11 is 0. The van der Waals surface area contributed by atoms with Gasteiger partial charge < -0.3 is 9.84 Å². The van der Waals surface area contributed by atoms with Crippen LogP contribution in [0.1, 0.15) is 59.9 Å². The molecule has 0 bridgehead atoms. The van der Waals surface area contributed by atoms with Gasteiger partial charge in [0.2, 0.25) is 0 Å². The van der Waals surface area contributed by atoms with E-state index in [1.54, 1.807) is 0 Å². The summed E-state index contributed by atoms with van der Waals surface area (Å²) in [5.41, 5.74) is 3.93. The smallest absolute Gasteiger partial charge is 0.259 e. The summed E-state index contributed by atoms with van der Waals surface area (Å²) in [6.07, 6.45) is 1.90. The van der Waals surface area contributed by atoms with Crippen LogP contribution in [-0.4, -0.2) is 40.1 Å². The predicted molar refractivity (Wildman–Crippen MR) is 113 cm³/mol. The zero-order valence-corrected chi connectivity index (χ0v) is 17.3. The molecule has 6 nitrogen and oxygen atoms in total. The fraction of sp³-hybridized carbons (Fsp3) is 0.435. The normalized spacial score (nSPS) is 15.9. The van der Waals surface area contributed by atoms with E-state index >= 15 is 0 Å². The third-order valence-corrected chi connectivity index (χ3v) is 5.64. The Morgan fingerprint density at radius 3 is 2.66 bits per heavy atom. The Balaban J connectivity index is 1.43. The Morgan fingerprint density at radius 1 is 1.24 bits per heavy atom. The number of aryl methyl sites for hydroxylation is 1. The number of benzene rings is 1. The highest BCUT2D eigenvalue weighted by Gasteiger charge is 2.24. The number of pyridine rings is 1. The minimum atomic E-state index is -0.0629. The average molecular weight is 393 g/mol. The Kier molecular flexibility index (Phi) is 5.62. The zero-order chi connectivity index (χ0) is 20.4. The van der Waals surface area contributed by atoms with Crippen molar-refractivity contribution in [2.75, 3.05) is 13.1 Å². The van der Waals surface area contributed by atoms with Crippen LogP contribution in [0.4, 0.5) is 0 Å². The molecule has 3 heterocycles. The molecule has 0 atom stereocenters. The van der Waals surface area contributed by atoms with E-state index in [2.05, 4.69) is 58.5 Å². The molecule has 2 aromatic heterocycles. The van der Waals surface area contributed by atoms with Crippen molar-refractivity contribution in [1.82, 2.24) is 20.4 Å². The van der Waals surface area contributed by atoms with Crippen molar-refractivity contribution in [2.24, 2.45) is 0 Å². The molecule has 1 saturated heterocycles. The van der Waals surface area contributed by atoms with Gasteiger partial charge in [-0.05, 0) is 37.3 Å². The van der Waals surface area contributed by atoms with Gasteiger partial charge in [0.1, 0.15) is 0 Å². The van der Waals surface area contributed by atoms with E-state index in [0.29, 0.717) is 22.4 Å². The summed E-state index contributed by atoms with van der Waals surface area (Å²) in [6, 6.07) is 12.6. The molecule has 1 amide bonds. The average Bonchev–Trinajstić information content (AvgIpc) is 3.10. The summed E-state index contributed by atoms with van der Waals surface area (Å²) in [7, 11) is 0. The summed E-state index contributed by atoms with van der Waals surface area (Å²) in [6.45, 7) is 8.89. The number of piperidine rings is 1. The van der Waals surface area contributed by atoms with Gasteiger partial charge in [0, 0.05) is 31.4 Å². The molecule has 29 heavy (non-hydrogen) atoms. The van der Waals surface area contributed by atoms with E-state index in [9.17, 15) is 4.79 Å². The van der Waals surface area contributed by atoms with Crippen LogP contribution in [0.2, 0.25) is 0 Å². The topological polar surface area (TPSA) is 71.3 Å². The Labute approximate surface area is 171 Å². The van der Waals surface area contributed by atoms with Crippen LogP contribution in [-0.2, 0) is 6.54 Å². The summed E-state index contributed by atoms with van der Waals surface area (Å²) < 4.78 is 5.34. The van der Waals surface area contributed by atoms with Crippen LogP contribution in [0.25, 0.3) is 11.1 Å². The van der Waals surface area contributed by atoms with Crippen molar-refractivity contribution in [3.05, 3.63) is 58.9 Å². The predicted octanol–water partition coefficient (Wildman–Crippen LogP) is 4.05. The lowest BCUT2D eigenvalue weighted by Gasteiger charge is -2.32. The molecule has 0 unspecified atom stereocenters. The van der Waals surface area contributed by atoms with Gasteiger partial charge in [0.05, 0.1) is 16.6 Å². The Morgan fingerprint density at radius 2 is 1.97 bits per heavy atom. The van der Waals surface area contributed by atoms with Gasteiger partial charge in [-0.25, -0.2) is 4.98 Å². The van der Waals surface area contributed by atoms with Crippen molar-refractivity contribution in [3.8, 4) is 0 Å². The monoisotopic (exact) mass is 392 g/mol. The van der Waals surface area contributed by atoms with Crippen LogP contribution < -0.4 is 5.32 Å². The van der Waals surface area contributed by atoms with E-state index in [4.69, 9.17) is 4.52 Å². The number of carbonyl (C=O) groups is 1. The van der Waals surface area contributed by atoms with Crippen molar-refractivity contribution in [2.45, 2.75) is 52.1 Å². The first-order valence-corrected chi connectivity index (χ1v) is 10.4. The number of nitrogens with zero attached hydrogens (tertiary/aromatic N) is 3. The van der Waals surface area contributed by atoms with E-state index < -0.39 is 0 Å². The van der Waals surface area contributed by atoms with Gasteiger partial charge in [-0.15, -0.1) is 0 Å². The number of nitrogens with one attached hydrogen (secondary N) is 1. The third-order valence-electron chi connectivity index (χ3n) is 5.64. The lowest BCUT2D eigenvalue weighted by Crippen LogP contribution is -2.44. The van der Waals surface area contributed by atoms with Crippen LogP contribution in [0.3, 0.4) is 0 Å². The maximum Gasteiger partial charge on any atom is 0.259 e. The molecule has 152 valence electrons. The number of aromatic nitrogens is 2. The number of hydrogen-bond donors (Lipinski definition) is 1. The van der Waals surface area contributed by atoms with Crippen LogP contribution in [0, 0.1) is 6.92 Å². The quantitative estimate of drug-likeness (QED) is 0.709. The molecule has 0 saturated carbocycles. The minimum absolute atomic E-state index is 0.0629. The Hall–Kier alpha value is -2.73. The number of rotatable bonds is 5. The molecule has 1 aliphatic heterocycles. The van der Waals surface area contributed by atoms with Crippen molar-refractivity contribution in [3.63, 3.8) is 0 Å². The van der Waals surface area contributed by atoms with Gasteiger partial charge in [-0.1, -0.05) is 49.3 Å². The van der Waals surface area contributed by atoms with Crippen molar-refractivity contribution >= 4 is 17.0 Å². The van der Waals surface area contributed by atoms with Gasteiger partial charge in [-0.2, -0.15) is 0 Å². The van der Waals surface area contributed by atoms with Gasteiger partial charge in [-0.3, -0.25) is 9.69 Å². The number of carbonyl (C=O) groups excluding carboxylic acids is 1. The minimum Gasteiger partial charge on any atom is -0.349 e. The molecule has 0 radical (unpaired) electrons. The Bertz CT molecular complexity index is 989. The van der Waals surface area contributed by atoms with Crippen LogP contribution in [0.15, 0.2) is 40.9 Å². The summed E-state index contributed by atoms with van der Waals surface area (Å²) in [4.78, 5) is 20.1. The number of likely N-dealkylation sites (tertiary alicyclic amines) is 1. The van der Waals surface area contributed by atoms with Gasteiger partial charge in [0.25, 0.3) is 11.6 Å². The first-order valence-electron chi connectivity index (χ1n) is 10.4. The highest BCUT2D eigenvalue weighted by molar-refractivity contribution is 6.06. The molecule has 1 N–H and O–H groups in total. The molecule has 4 rings (SSSR count). The fourth-order valence-electron chi connectivity index (χ4n) is 3.93. The molecular formula is C23H28N4O2. The largest absolute Gasteiger partial charge is 0.349 e. The van der Waals surface area contributed by atoms with E-state index in [0.717, 1.165) is 38.2 Å². The molecule has 3 aromatic rings. The summed E-state index contributed by atoms with van der Waals surface area (Å²) in [5.74, 6) is 0.143. The maximum atomic E-state index is 13.1. The standard InChI is InChI=1S/C23H28N4O2/c1-15(2)20-13-19(21-16(3)26-29-23(21)25-20)22(28)24-18-9-11-27(12-10-18)14-17-7-5-4-6-8-17/h4-8,13,15,18H,9-12,14H2,1-3H3,(H,24,28). The summed E-state index contributed by atoms with van der Waals surface area (Å²) in [5, 5.41) is 7.96. The highest BCUT2D eigenvalue weighted by Crippen LogP contribution is 2.25. The lowest BCUT2D eigenvalue weighted by atomic mass is 10.0. The lowest BCUT2D eigenvalue weighted by molar-refractivity contribution is 0.0910. The second-order valence-corrected chi connectivity index (χ2v) is 8.21. The molecule has 0 spiro atoms. The van der Waals surface area contributed by atoms with E-state index in [1.807, 2.05) is 19.1 Å². The van der Waals surface area contributed by atoms with Gasteiger partial charge >= 0.3 is 0 Å². The third kappa shape index (κ3) is 4.32. The number of amides is 1. The maximum absolute atomic E-state index is 13.1. The number of fused-ring (bicyclic) bond motifs is 1. The highest BCUT2D eigenvalue weighted by atomic mass is 16.5. The van der Waals surface area contributed by atoms with Crippen molar-refractivity contribution in [1.29, 1.82) is 0 Å². The van der Waals surface area contributed by atoms with Crippen molar-refractivity contribution < 1.29 is 9.32 Å². The second-order valence-electron chi connectivity index (χ2n) is 8.21.